The van der Waals surface area contributed by atoms with Crippen LogP contribution in [0.4, 0.5) is 0 Å². The number of carboxylic acids is 1. The average molecular weight is 239 g/mol. The lowest BCUT2D eigenvalue weighted by Gasteiger charge is -2.08. The van der Waals surface area contributed by atoms with Crippen molar-refractivity contribution >= 4 is 16.0 Å². The molecule has 0 heterocycles. The second-order valence-corrected chi connectivity index (χ2v) is 5.20. The molecule has 0 fully saturated rings. The lowest BCUT2D eigenvalue weighted by Crippen LogP contribution is -2.30. The fourth-order valence-electron chi connectivity index (χ4n) is 0.779. The molecular formula is C8H17NO5S. The Labute approximate surface area is 89.7 Å². The molecule has 0 aromatic carbocycles. The second kappa shape index (κ2) is 6.76. The minimum absolute atomic E-state index is 0.0146. The van der Waals surface area contributed by atoms with Gasteiger partial charge in [-0.3, -0.25) is 4.79 Å². The van der Waals surface area contributed by atoms with Crippen LogP contribution in [0.1, 0.15) is 20.3 Å². The van der Waals surface area contributed by atoms with Crippen LogP contribution in [0.15, 0.2) is 0 Å². The van der Waals surface area contributed by atoms with Crippen molar-refractivity contribution in [3.05, 3.63) is 0 Å². The molecule has 0 atom stereocenters. The molecule has 0 rings (SSSR count). The molecule has 0 radical (unpaired) electrons. The van der Waals surface area contributed by atoms with E-state index < -0.39 is 16.0 Å². The Kier molecular flexibility index (Phi) is 6.46. The van der Waals surface area contributed by atoms with Crippen molar-refractivity contribution in [3.8, 4) is 0 Å². The summed E-state index contributed by atoms with van der Waals surface area (Å²) in [4.78, 5) is 10.1. The molecule has 0 aliphatic carbocycles. The second-order valence-electron chi connectivity index (χ2n) is 3.28. The summed E-state index contributed by atoms with van der Waals surface area (Å²) in [5.74, 6) is -1.18. The van der Waals surface area contributed by atoms with E-state index in [1.54, 1.807) is 0 Å². The topological polar surface area (TPSA) is 92.7 Å². The van der Waals surface area contributed by atoms with Gasteiger partial charge in [-0.1, -0.05) is 0 Å². The van der Waals surface area contributed by atoms with Crippen molar-refractivity contribution in [2.24, 2.45) is 0 Å². The van der Waals surface area contributed by atoms with Gasteiger partial charge >= 0.3 is 5.97 Å². The highest BCUT2D eigenvalue weighted by atomic mass is 32.2. The summed E-state index contributed by atoms with van der Waals surface area (Å²) in [6, 6.07) is 0. The molecule has 7 heteroatoms. The molecule has 0 aromatic rings. The standard InChI is InChI=1S/C8H17NO5S/c1-7(2)14-5-6-15(12,13)9-4-3-8(10)11/h7,9H,3-6H2,1-2H3,(H,10,11). The summed E-state index contributed by atoms with van der Waals surface area (Å²) in [5, 5.41) is 8.30. The fraction of sp³-hybridized carbons (Fsp3) is 0.875. The van der Waals surface area contributed by atoms with Gasteiger partial charge in [0, 0.05) is 6.54 Å². The van der Waals surface area contributed by atoms with Gasteiger partial charge in [-0.2, -0.15) is 0 Å². The highest BCUT2D eigenvalue weighted by Crippen LogP contribution is 1.91. The lowest BCUT2D eigenvalue weighted by atomic mass is 10.5. The van der Waals surface area contributed by atoms with Gasteiger partial charge in [0.1, 0.15) is 0 Å². The minimum Gasteiger partial charge on any atom is -0.481 e. The fourth-order valence-corrected chi connectivity index (χ4v) is 1.65. The zero-order chi connectivity index (χ0) is 11.9. The Hall–Kier alpha value is -0.660. The molecule has 0 aromatic heterocycles. The molecule has 0 bridgehead atoms. The normalized spacial score (nSPS) is 11.9. The van der Waals surface area contributed by atoms with E-state index in [9.17, 15) is 13.2 Å². The number of hydrogen-bond acceptors (Lipinski definition) is 4. The van der Waals surface area contributed by atoms with E-state index in [1.165, 1.54) is 0 Å². The Balaban J connectivity index is 3.73. The van der Waals surface area contributed by atoms with E-state index in [4.69, 9.17) is 9.84 Å². The lowest BCUT2D eigenvalue weighted by molar-refractivity contribution is -0.136. The van der Waals surface area contributed by atoms with Crippen molar-refractivity contribution in [1.82, 2.24) is 4.72 Å². The van der Waals surface area contributed by atoms with Gasteiger partial charge in [0.25, 0.3) is 0 Å². The summed E-state index contributed by atoms with van der Waals surface area (Å²) < 4.78 is 29.7. The number of carbonyl (C=O) groups is 1. The molecule has 0 aliphatic rings. The summed E-state index contributed by atoms with van der Waals surface area (Å²) in [6.45, 7) is 3.65. The SMILES string of the molecule is CC(C)OCCS(=O)(=O)NCCC(=O)O. The van der Waals surface area contributed by atoms with E-state index in [2.05, 4.69) is 4.72 Å². The van der Waals surface area contributed by atoms with Crippen molar-refractivity contribution in [2.75, 3.05) is 18.9 Å². The van der Waals surface area contributed by atoms with E-state index in [0.29, 0.717) is 0 Å². The smallest absolute Gasteiger partial charge is 0.304 e. The van der Waals surface area contributed by atoms with E-state index in [-0.39, 0.29) is 31.4 Å². The van der Waals surface area contributed by atoms with Crippen molar-refractivity contribution < 1.29 is 23.1 Å². The number of carboxylic acid groups (broad SMARTS) is 1. The van der Waals surface area contributed by atoms with Crippen LogP contribution in [0.5, 0.6) is 0 Å². The summed E-state index contributed by atoms with van der Waals surface area (Å²) >= 11 is 0. The van der Waals surface area contributed by atoms with Gasteiger partial charge in [-0.05, 0) is 13.8 Å². The summed E-state index contributed by atoms with van der Waals surface area (Å²) in [6.07, 6.45) is -0.233. The van der Waals surface area contributed by atoms with E-state index in [1.807, 2.05) is 13.8 Å². The predicted molar refractivity (Wildman–Crippen MR) is 55.1 cm³/mol. The van der Waals surface area contributed by atoms with Crippen LogP contribution >= 0.6 is 0 Å². The first kappa shape index (κ1) is 14.3. The Bertz CT molecular complexity index is 285. The Morgan fingerprint density at radius 3 is 2.53 bits per heavy atom. The zero-order valence-electron chi connectivity index (χ0n) is 8.89. The molecule has 6 nitrogen and oxygen atoms in total. The van der Waals surface area contributed by atoms with Crippen molar-refractivity contribution in [3.63, 3.8) is 0 Å². The maximum atomic E-state index is 11.2. The van der Waals surface area contributed by atoms with Crippen LogP contribution in [0.3, 0.4) is 0 Å². The minimum atomic E-state index is -3.41. The molecule has 90 valence electrons. The zero-order valence-corrected chi connectivity index (χ0v) is 9.71. The molecule has 0 unspecified atom stereocenters. The summed E-state index contributed by atoms with van der Waals surface area (Å²) in [7, 11) is -3.41. The highest BCUT2D eigenvalue weighted by Gasteiger charge is 2.10. The first-order chi connectivity index (χ1) is 6.83. The number of rotatable bonds is 8. The average Bonchev–Trinajstić information content (AvgIpc) is 2.01. The third kappa shape index (κ3) is 9.64. The maximum absolute atomic E-state index is 11.2. The van der Waals surface area contributed by atoms with Gasteiger partial charge < -0.3 is 9.84 Å². The van der Waals surface area contributed by atoms with Gasteiger partial charge in [0.15, 0.2) is 0 Å². The third-order valence-electron chi connectivity index (χ3n) is 1.46. The number of nitrogens with one attached hydrogen (secondary N) is 1. The summed E-state index contributed by atoms with van der Waals surface area (Å²) in [5.41, 5.74) is 0. The van der Waals surface area contributed by atoms with Gasteiger partial charge in [0.05, 0.1) is 24.9 Å². The molecule has 0 saturated heterocycles. The molecular weight excluding hydrogens is 222 g/mol. The maximum Gasteiger partial charge on any atom is 0.304 e. The highest BCUT2D eigenvalue weighted by molar-refractivity contribution is 7.89. The van der Waals surface area contributed by atoms with E-state index >= 15 is 0 Å². The molecule has 15 heavy (non-hydrogen) atoms. The van der Waals surface area contributed by atoms with Crippen LogP contribution in [0, 0.1) is 0 Å². The number of aliphatic carboxylic acids is 1. The third-order valence-corrected chi connectivity index (χ3v) is 2.81. The predicted octanol–water partition coefficient (Wildman–Crippen LogP) is -0.194. The Morgan fingerprint density at radius 1 is 1.47 bits per heavy atom. The van der Waals surface area contributed by atoms with Crippen LogP contribution in [0.2, 0.25) is 0 Å². The monoisotopic (exact) mass is 239 g/mol. The Morgan fingerprint density at radius 2 is 2.07 bits per heavy atom. The molecule has 0 saturated carbocycles. The first-order valence-corrected chi connectivity index (χ1v) is 6.29. The van der Waals surface area contributed by atoms with Gasteiger partial charge in [-0.25, -0.2) is 13.1 Å². The largest absolute Gasteiger partial charge is 0.481 e. The number of hydrogen-bond donors (Lipinski definition) is 2. The van der Waals surface area contributed by atoms with Crippen molar-refractivity contribution in [2.45, 2.75) is 26.4 Å². The van der Waals surface area contributed by atoms with Gasteiger partial charge in [0.2, 0.25) is 10.0 Å². The van der Waals surface area contributed by atoms with E-state index in [0.717, 1.165) is 0 Å². The molecule has 0 aliphatic heterocycles. The first-order valence-electron chi connectivity index (χ1n) is 4.64. The van der Waals surface area contributed by atoms with Crippen molar-refractivity contribution in [1.29, 1.82) is 0 Å². The quantitative estimate of drug-likeness (QED) is 0.612. The molecule has 0 amide bonds. The number of ether oxygens (including phenoxy) is 1. The number of sulfonamides is 1. The van der Waals surface area contributed by atoms with Gasteiger partial charge in [-0.15, -0.1) is 0 Å². The van der Waals surface area contributed by atoms with Crippen LogP contribution in [-0.2, 0) is 19.6 Å². The van der Waals surface area contributed by atoms with Crippen LogP contribution < -0.4 is 4.72 Å². The molecule has 2 N–H and O–H groups in total. The van der Waals surface area contributed by atoms with Crippen LogP contribution in [0.25, 0.3) is 0 Å². The van der Waals surface area contributed by atoms with Crippen LogP contribution in [-0.4, -0.2) is 44.5 Å². The molecule has 0 spiro atoms.